The van der Waals surface area contributed by atoms with Crippen LogP contribution in [0.1, 0.15) is 16.7 Å². The summed E-state index contributed by atoms with van der Waals surface area (Å²) in [4.78, 5) is 7.91. The molecule has 3 rings (SSSR count). The van der Waals surface area contributed by atoms with E-state index in [0.29, 0.717) is 37.6 Å². The Hall–Kier alpha value is -2.56. The number of nitrogens with zero attached hydrogens (tertiary/aromatic N) is 3. The Balaban J connectivity index is 2.25. The van der Waals surface area contributed by atoms with E-state index in [2.05, 4.69) is 9.84 Å². The smallest absolute Gasteiger partial charge is 0.248 e. The summed E-state index contributed by atoms with van der Waals surface area (Å²) in [6.45, 7) is 9.06. The molecule has 0 saturated carbocycles. The quantitative estimate of drug-likeness (QED) is 0.388. The summed E-state index contributed by atoms with van der Waals surface area (Å²) in [5, 5.41) is 10.6. The van der Waals surface area contributed by atoms with E-state index in [4.69, 9.17) is 41.4 Å². The van der Waals surface area contributed by atoms with Gasteiger partial charge >= 0.3 is 0 Å². The van der Waals surface area contributed by atoms with Gasteiger partial charge in [0.05, 0.1) is 24.0 Å². The first-order valence-electron chi connectivity index (χ1n) is 7.49. The van der Waals surface area contributed by atoms with Crippen LogP contribution in [0.4, 0.5) is 5.69 Å². The van der Waals surface area contributed by atoms with E-state index in [9.17, 15) is 5.26 Å². The molecule has 0 unspecified atom stereocenters. The van der Waals surface area contributed by atoms with Crippen LogP contribution in [0.5, 0.6) is 0 Å². The third kappa shape index (κ3) is 3.26. The number of halogens is 3. The fourth-order valence-corrected chi connectivity index (χ4v) is 3.40. The van der Waals surface area contributed by atoms with Gasteiger partial charge in [-0.05, 0) is 36.3 Å². The monoisotopic (exact) mass is 397 g/mol. The Labute approximate surface area is 166 Å². The standard InChI is InChI=1S/C20H10Cl3N3/c1-11-15(21)7-12(8-16(11)22)26-18-9-17(23)20(19(10-24)25-2)14-6-4-3-5-13(14)18/h3-9H,1H3/b20-19+,26-18?. The molecule has 1 aliphatic rings. The molecule has 3 nitrogen and oxygen atoms in total. The number of hydrogen-bond acceptors (Lipinski definition) is 2. The fraction of sp³-hybridized carbons (Fsp3) is 0.0500. The number of nitriles is 1. The molecule has 6 heteroatoms. The molecular formula is C20H10Cl3N3. The molecule has 1 aliphatic carbocycles. The van der Waals surface area contributed by atoms with Crippen molar-refractivity contribution in [2.75, 3.05) is 0 Å². The maximum atomic E-state index is 9.24. The van der Waals surface area contributed by atoms with Gasteiger partial charge in [0.2, 0.25) is 0 Å². The number of hydrogen-bond donors (Lipinski definition) is 0. The zero-order chi connectivity index (χ0) is 18.8. The van der Waals surface area contributed by atoms with E-state index < -0.39 is 0 Å². The molecule has 0 radical (unpaired) electrons. The third-order valence-electron chi connectivity index (χ3n) is 3.94. The largest absolute Gasteiger partial charge is 0.271 e. The first kappa shape index (κ1) is 18.2. The summed E-state index contributed by atoms with van der Waals surface area (Å²) in [6.07, 6.45) is 1.64. The van der Waals surface area contributed by atoms with Crippen molar-refractivity contribution in [3.63, 3.8) is 0 Å². The summed E-state index contributed by atoms with van der Waals surface area (Å²) in [6, 6.07) is 12.7. The molecule has 2 aromatic carbocycles. The molecule has 26 heavy (non-hydrogen) atoms. The topological polar surface area (TPSA) is 40.5 Å². The molecule has 0 spiro atoms. The summed E-state index contributed by atoms with van der Waals surface area (Å²) in [5.74, 6) is 0. The minimum Gasteiger partial charge on any atom is -0.248 e. The van der Waals surface area contributed by atoms with Crippen LogP contribution in [-0.2, 0) is 0 Å². The lowest BCUT2D eigenvalue weighted by Crippen LogP contribution is -2.09. The zero-order valence-corrected chi connectivity index (χ0v) is 15.8. The number of fused-ring (bicyclic) bond motifs is 1. The van der Waals surface area contributed by atoms with Crippen LogP contribution in [0.15, 0.2) is 58.2 Å². The summed E-state index contributed by atoms with van der Waals surface area (Å²) >= 11 is 18.8. The number of allylic oxidation sites excluding steroid dienone is 4. The molecule has 0 saturated heterocycles. The van der Waals surface area contributed by atoms with Gasteiger partial charge in [0.15, 0.2) is 0 Å². The summed E-state index contributed by atoms with van der Waals surface area (Å²) < 4.78 is 0. The molecule has 2 aromatic rings. The highest BCUT2D eigenvalue weighted by molar-refractivity contribution is 6.41. The lowest BCUT2D eigenvalue weighted by molar-refractivity contribution is 1.42. The average Bonchev–Trinajstić information content (AvgIpc) is 2.63. The summed E-state index contributed by atoms with van der Waals surface area (Å²) in [7, 11) is 0. The van der Waals surface area contributed by atoms with Gasteiger partial charge in [-0.15, -0.1) is 0 Å². The van der Waals surface area contributed by atoms with Crippen molar-refractivity contribution in [1.29, 1.82) is 5.26 Å². The maximum absolute atomic E-state index is 9.24. The Bertz CT molecular complexity index is 1060. The van der Waals surface area contributed by atoms with Crippen molar-refractivity contribution in [2.45, 2.75) is 6.92 Å². The van der Waals surface area contributed by atoms with Gasteiger partial charge in [0.25, 0.3) is 5.70 Å². The van der Waals surface area contributed by atoms with Crippen LogP contribution < -0.4 is 0 Å². The zero-order valence-electron chi connectivity index (χ0n) is 13.5. The second kappa shape index (κ2) is 7.36. The van der Waals surface area contributed by atoms with Gasteiger partial charge in [-0.1, -0.05) is 59.1 Å². The second-order valence-electron chi connectivity index (χ2n) is 5.52. The second-order valence-corrected chi connectivity index (χ2v) is 6.74. The Morgan fingerprint density at radius 1 is 1.12 bits per heavy atom. The van der Waals surface area contributed by atoms with Crippen LogP contribution >= 0.6 is 34.8 Å². The fourth-order valence-electron chi connectivity index (χ4n) is 2.63. The summed E-state index contributed by atoms with van der Waals surface area (Å²) in [5.41, 5.74) is 3.81. The van der Waals surface area contributed by atoms with Crippen molar-refractivity contribution in [3.8, 4) is 6.07 Å². The predicted octanol–water partition coefficient (Wildman–Crippen LogP) is 6.71. The first-order valence-corrected chi connectivity index (χ1v) is 8.63. The minimum absolute atomic E-state index is 0.0563. The maximum Gasteiger partial charge on any atom is 0.271 e. The van der Waals surface area contributed by atoms with Gasteiger partial charge in [0, 0.05) is 26.2 Å². The lowest BCUT2D eigenvalue weighted by Gasteiger charge is -2.19. The van der Waals surface area contributed by atoms with Crippen molar-refractivity contribution < 1.29 is 0 Å². The van der Waals surface area contributed by atoms with Gasteiger partial charge in [-0.3, -0.25) is 0 Å². The van der Waals surface area contributed by atoms with E-state index in [1.165, 1.54) is 0 Å². The van der Waals surface area contributed by atoms with Crippen molar-refractivity contribution in [1.82, 2.24) is 0 Å². The van der Waals surface area contributed by atoms with Crippen LogP contribution in [0.3, 0.4) is 0 Å². The number of aliphatic imine (C=N–C) groups is 1. The third-order valence-corrected chi connectivity index (χ3v) is 5.03. The van der Waals surface area contributed by atoms with Crippen molar-refractivity contribution in [2.24, 2.45) is 4.99 Å². The highest BCUT2D eigenvalue weighted by atomic mass is 35.5. The van der Waals surface area contributed by atoms with E-state index in [1.807, 2.05) is 37.3 Å². The van der Waals surface area contributed by atoms with Crippen LogP contribution in [0.2, 0.25) is 10.0 Å². The van der Waals surface area contributed by atoms with Crippen LogP contribution in [0, 0.1) is 24.8 Å². The minimum atomic E-state index is -0.0563. The average molecular weight is 399 g/mol. The van der Waals surface area contributed by atoms with Crippen molar-refractivity contribution in [3.05, 3.63) is 91.4 Å². The number of benzene rings is 2. The molecule has 0 bridgehead atoms. The molecule has 0 aliphatic heterocycles. The van der Waals surface area contributed by atoms with E-state index in [0.717, 1.165) is 11.1 Å². The molecular weight excluding hydrogens is 389 g/mol. The lowest BCUT2D eigenvalue weighted by atomic mass is 9.90. The molecule has 0 N–H and O–H groups in total. The van der Waals surface area contributed by atoms with Gasteiger partial charge in [-0.2, -0.15) is 0 Å². The van der Waals surface area contributed by atoms with Crippen LogP contribution in [0.25, 0.3) is 10.4 Å². The molecule has 0 fully saturated rings. The van der Waals surface area contributed by atoms with Gasteiger partial charge in [0.1, 0.15) is 0 Å². The molecule has 0 atom stereocenters. The van der Waals surface area contributed by atoms with Gasteiger partial charge < -0.3 is 0 Å². The molecule has 0 amide bonds. The molecule has 0 aromatic heterocycles. The predicted molar refractivity (Wildman–Crippen MR) is 107 cm³/mol. The highest BCUT2D eigenvalue weighted by Crippen LogP contribution is 2.38. The van der Waals surface area contributed by atoms with E-state index in [-0.39, 0.29) is 5.70 Å². The van der Waals surface area contributed by atoms with Crippen LogP contribution in [-0.4, -0.2) is 5.71 Å². The Morgan fingerprint density at radius 3 is 2.31 bits per heavy atom. The SMILES string of the molecule is [C-]#[N+]/C(C#N)=C1/C(Cl)=CC(=Nc2cc(Cl)c(C)c(Cl)c2)c2ccccc21. The molecule has 0 heterocycles. The van der Waals surface area contributed by atoms with Gasteiger partial charge in [-0.25, -0.2) is 15.1 Å². The Kier molecular flexibility index (Phi) is 5.16. The van der Waals surface area contributed by atoms with E-state index >= 15 is 0 Å². The normalized spacial score (nSPS) is 16.4. The molecule has 126 valence electrons. The Morgan fingerprint density at radius 2 is 1.73 bits per heavy atom. The highest BCUT2D eigenvalue weighted by Gasteiger charge is 2.23. The first-order chi connectivity index (χ1) is 12.5. The van der Waals surface area contributed by atoms with Crippen molar-refractivity contribution >= 4 is 51.8 Å². The number of rotatable bonds is 1. The van der Waals surface area contributed by atoms with E-state index in [1.54, 1.807) is 18.2 Å².